The van der Waals surface area contributed by atoms with E-state index in [2.05, 4.69) is 0 Å². The maximum Gasteiger partial charge on any atom is 0.306 e. The van der Waals surface area contributed by atoms with Gasteiger partial charge in [0.2, 0.25) is 5.91 Å². The molecule has 1 amide bonds. The highest BCUT2D eigenvalue weighted by atomic mass is 32.2. The third kappa shape index (κ3) is 4.25. The molecule has 0 saturated heterocycles. The van der Waals surface area contributed by atoms with Crippen LogP contribution in [0.15, 0.2) is 0 Å². The molecule has 6 nitrogen and oxygen atoms in total. The Morgan fingerprint density at radius 3 is 2.00 bits per heavy atom. The van der Waals surface area contributed by atoms with Gasteiger partial charge in [-0.1, -0.05) is 12.8 Å². The van der Waals surface area contributed by atoms with E-state index in [4.69, 9.17) is 5.11 Å². The molecule has 0 bridgehead atoms. The Kier molecular flexibility index (Phi) is 5.70. The fourth-order valence-electron chi connectivity index (χ4n) is 4.06. The molecule has 0 aromatic heterocycles. The maximum absolute atomic E-state index is 12.7. The van der Waals surface area contributed by atoms with Gasteiger partial charge in [-0.3, -0.25) is 9.59 Å². The van der Waals surface area contributed by atoms with Crippen LogP contribution in [0.3, 0.4) is 0 Å². The summed E-state index contributed by atoms with van der Waals surface area (Å²) >= 11 is 0. The number of rotatable bonds is 4. The molecular formula is C16H27NO5S. The molecule has 0 aliphatic heterocycles. The number of aliphatic carboxylic acids is 1. The Morgan fingerprint density at radius 2 is 1.48 bits per heavy atom. The largest absolute Gasteiger partial charge is 0.481 e. The van der Waals surface area contributed by atoms with Crippen molar-refractivity contribution in [3.63, 3.8) is 0 Å². The fourth-order valence-corrected chi connectivity index (χ4v) is 5.54. The summed E-state index contributed by atoms with van der Waals surface area (Å²) in [6, 6.07) is -0.247. The van der Waals surface area contributed by atoms with Crippen molar-refractivity contribution < 1.29 is 23.1 Å². The van der Waals surface area contributed by atoms with Crippen molar-refractivity contribution in [1.82, 2.24) is 4.90 Å². The second-order valence-corrected chi connectivity index (χ2v) is 9.32. The van der Waals surface area contributed by atoms with Crippen LogP contribution in [0.1, 0.15) is 51.4 Å². The number of carboxylic acid groups (broad SMARTS) is 1. The number of carboxylic acids is 1. The van der Waals surface area contributed by atoms with Crippen LogP contribution < -0.4 is 0 Å². The monoisotopic (exact) mass is 345 g/mol. The molecule has 2 atom stereocenters. The number of carbonyl (C=O) groups excluding carboxylic acids is 1. The first-order chi connectivity index (χ1) is 10.7. The topological polar surface area (TPSA) is 91.8 Å². The van der Waals surface area contributed by atoms with Gasteiger partial charge < -0.3 is 10.0 Å². The van der Waals surface area contributed by atoms with Gasteiger partial charge in [0, 0.05) is 25.3 Å². The molecule has 2 saturated carbocycles. The molecule has 0 radical (unpaired) electrons. The molecule has 0 heterocycles. The average Bonchev–Trinajstić information content (AvgIpc) is 2.52. The van der Waals surface area contributed by atoms with Gasteiger partial charge in [-0.2, -0.15) is 0 Å². The highest BCUT2D eigenvalue weighted by Gasteiger charge is 2.39. The Labute approximate surface area is 138 Å². The quantitative estimate of drug-likeness (QED) is 0.837. The first-order valence-electron chi connectivity index (χ1n) is 8.40. The van der Waals surface area contributed by atoms with Crippen LogP contribution in [0, 0.1) is 11.8 Å². The number of carbonyl (C=O) groups is 2. The minimum atomic E-state index is -3.18. The van der Waals surface area contributed by atoms with Crippen molar-refractivity contribution in [2.75, 3.05) is 13.3 Å². The van der Waals surface area contributed by atoms with Crippen LogP contribution in [0.4, 0.5) is 0 Å². The summed E-state index contributed by atoms with van der Waals surface area (Å²) in [5.74, 6) is -1.32. The van der Waals surface area contributed by atoms with Crippen molar-refractivity contribution >= 4 is 21.7 Å². The molecule has 2 rings (SSSR count). The summed E-state index contributed by atoms with van der Waals surface area (Å²) in [6.45, 7) is 0. The first kappa shape index (κ1) is 18.2. The van der Waals surface area contributed by atoms with Crippen LogP contribution in [0.25, 0.3) is 0 Å². The molecule has 7 heteroatoms. The Balaban J connectivity index is 2.02. The van der Waals surface area contributed by atoms with Gasteiger partial charge in [0.1, 0.15) is 0 Å². The maximum atomic E-state index is 12.7. The summed E-state index contributed by atoms with van der Waals surface area (Å²) < 4.78 is 24.0. The summed E-state index contributed by atoms with van der Waals surface area (Å²) in [4.78, 5) is 25.4. The number of nitrogens with zero attached hydrogens (tertiary/aromatic N) is 1. The zero-order valence-corrected chi connectivity index (χ0v) is 14.7. The number of amides is 1. The SMILES string of the molecule is CN(C(=O)C1CCC(C(=O)O)CC1)[C@@H]1CCCC[C@H]1S(C)(=O)=O. The number of sulfone groups is 1. The molecule has 0 unspecified atom stereocenters. The molecule has 1 N–H and O–H groups in total. The second-order valence-electron chi connectivity index (χ2n) is 7.06. The normalized spacial score (nSPS) is 32.3. The predicted octanol–water partition coefficient (Wildman–Crippen LogP) is 1.69. The van der Waals surface area contributed by atoms with Gasteiger partial charge in [-0.05, 0) is 38.5 Å². The van der Waals surface area contributed by atoms with E-state index in [9.17, 15) is 18.0 Å². The fraction of sp³-hybridized carbons (Fsp3) is 0.875. The van der Waals surface area contributed by atoms with E-state index in [1.54, 1.807) is 11.9 Å². The van der Waals surface area contributed by atoms with Crippen molar-refractivity contribution in [2.45, 2.75) is 62.7 Å². The van der Waals surface area contributed by atoms with E-state index < -0.39 is 21.1 Å². The molecule has 0 spiro atoms. The summed E-state index contributed by atoms with van der Waals surface area (Å²) in [5, 5.41) is 8.57. The summed E-state index contributed by atoms with van der Waals surface area (Å²) in [5.41, 5.74) is 0. The summed E-state index contributed by atoms with van der Waals surface area (Å²) in [6.07, 6.45) is 6.65. The van der Waals surface area contributed by atoms with Crippen molar-refractivity contribution in [1.29, 1.82) is 0 Å². The lowest BCUT2D eigenvalue weighted by atomic mass is 9.81. The van der Waals surface area contributed by atoms with Crippen LogP contribution in [-0.4, -0.2) is 54.9 Å². The van der Waals surface area contributed by atoms with Gasteiger partial charge in [-0.15, -0.1) is 0 Å². The highest BCUT2D eigenvalue weighted by molar-refractivity contribution is 7.91. The van der Waals surface area contributed by atoms with E-state index >= 15 is 0 Å². The molecular weight excluding hydrogens is 318 g/mol. The van der Waals surface area contributed by atoms with Crippen molar-refractivity contribution in [2.24, 2.45) is 11.8 Å². The summed E-state index contributed by atoms with van der Waals surface area (Å²) in [7, 11) is -1.47. The first-order valence-corrected chi connectivity index (χ1v) is 10.4. The van der Waals surface area contributed by atoms with Gasteiger partial charge in [0.15, 0.2) is 9.84 Å². The molecule has 2 aliphatic carbocycles. The van der Waals surface area contributed by atoms with E-state index in [0.29, 0.717) is 32.1 Å². The molecule has 2 fully saturated rings. The highest BCUT2D eigenvalue weighted by Crippen LogP contribution is 2.33. The lowest BCUT2D eigenvalue weighted by Crippen LogP contribution is -2.51. The van der Waals surface area contributed by atoms with Crippen LogP contribution in [0.5, 0.6) is 0 Å². The number of hydrogen-bond acceptors (Lipinski definition) is 4. The molecule has 23 heavy (non-hydrogen) atoms. The minimum Gasteiger partial charge on any atom is -0.481 e. The van der Waals surface area contributed by atoms with Crippen LogP contribution in [-0.2, 0) is 19.4 Å². The molecule has 132 valence electrons. The zero-order valence-electron chi connectivity index (χ0n) is 13.9. The lowest BCUT2D eigenvalue weighted by Gasteiger charge is -2.39. The Bertz CT molecular complexity index is 551. The van der Waals surface area contributed by atoms with E-state index in [-0.39, 0.29) is 23.8 Å². The standard InChI is InChI=1S/C16H27NO5S/c1-17(13-5-3-4-6-14(13)23(2,21)22)15(18)11-7-9-12(10-8-11)16(19)20/h11-14H,3-10H2,1-2H3,(H,19,20)/t11?,12?,13-,14-/m1/s1. The molecule has 2 aliphatic rings. The van der Waals surface area contributed by atoms with E-state index in [0.717, 1.165) is 19.3 Å². The molecule has 0 aromatic rings. The van der Waals surface area contributed by atoms with Gasteiger partial charge >= 0.3 is 5.97 Å². The van der Waals surface area contributed by atoms with Crippen LogP contribution >= 0.6 is 0 Å². The number of hydrogen-bond donors (Lipinski definition) is 1. The predicted molar refractivity (Wildman–Crippen MR) is 86.7 cm³/mol. The Morgan fingerprint density at radius 1 is 0.957 bits per heavy atom. The second kappa shape index (κ2) is 7.20. The van der Waals surface area contributed by atoms with E-state index in [1.165, 1.54) is 6.26 Å². The Hall–Kier alpha value is -1.11. The van der Waals surface area contributed by atoms with Crippen molar-refractivity contribution in [3.8, 4) is 0 Å². The lowest BCUT2D eigenvalue weighted by molar-refractivity contribution is -0.146. The minimum absolute atomic E-state index is 0.0191. The zero-order chi connectivity index (χ0) is 17.2. The van der Waals surface area contributed by atoms with Crippen LogP contribution in [0.2, 0.25) is 0 Å². The smallest absolute Gasteiger partial charge is 0.306 e. The van der Waals surface area contributed by atoms with Gasteiger partial charge in [0.05, 0.1) is 11.2 Å². The van der Waals surface area contributed by atoms with Crippen molar-refractivity contribution in [3.05, 3.63) is 0 Å². The van der Waals surface area contributed by atoms with Gasteiger partial charge in [-0.25, -0.2) is 8.42 Å². The molecule has 0 aromatic carbocycles. The van der Waals surface area contributed by atoms with Gasteiger partial charge in [0.25, 0.3) is 0 Å². The third-order valence-corrected chi connectivity index (χ3v) is 7.14. The van der Waals surface area contributed by atoms with E-state index in [1.807, 2.05) is 0 Å². The third-order valence-electron chi connectivity index (χ3n) is 5.49. The average molecular weight is 345 g/mol.